The molecular weight excluding hydrogens is 659 g/mol. The van der Waals surface area contributed by atoms with E-state index in [1.807, 2.05) is 11.3 Å². The molecule has 0 N–H and O–H groups in total. The third-order valence-electron chi connectivity index (χ3n) is 11.4. The molecule has 1 aromatic heterocycles. The van der Waals surface area contributed by atoms with Crippen LogP contribution in [0.5, 0.6) is 0 Å². The van der Waals surface area contributed by atoms with E-state index in [9.17, 15) is 0 Å². The summed E-state index contributed by atoms with van der Waals surface area (Å²) in [5, 5.41) is 2.71. The van der Waals surface area contributed by atoms with E-state index in [2.05, 4.69) is 195 Å². The SMILES string of the molecule is CC1(C)c2ccc(N(C3=CC=C(c4ccccc4)CC3)c3ccc(-c4ccc(-c5ccccc5)cc4)cc3)cc2-c2c1ccc1c2sc2ccccc21. The van der Waals surface area contributed by atoms with Crippen molar-refractivity contribution >= 4 is 48.5 Å². The summed E-state index contributed by atoms with van der Waals surface area (Å²) < 4.78 is 2.75. The fourth-order valence-electron chi connectivity index (χ4n) is 8.62. The number of hydrogen-bond acceptors (Lipinski definition) is 2. The predicted octanol–water partition coefficient (Wildman–Crippen LogP) is 14.6. The molecule has 2 aliphatic carbocycles. The highest BCUT2D eigenvalue weighted by Crippen LogP contribution is 2.55. The van der Waals surface area contributed by atoms with Gasteiger partial charge in [0.1, 0.15) is 0 Å². The number of anilines is 2. The van der Waals surface area contributed by atoms with Crippen molar-refractivity contribution in [1.29, 1.82) is 0 Å². The summed E-state index contributed by atoms with van der Waals surface area (Å²) in [7, 11) is 0. The molecular formula is C51H39NS. The number of thiophene rings is 1. The van der Waals surface area contributed by atoms with Gasteiger partial charge in [-0.15, -0.1) is 11.3 Å². The molecule has 10 rings (SSSR count). The van der Waals surface area contributed by atoms with Gasteiger partial charge in [0.25, 0.3) is 0 Å². The fourth-order valence-corrected chi connectivity index (χ4v) is 9.88. The van der Waals surface area contributed by atoms with Gasteiger partial charge in [0.2, 0.25) is 0 Å². The Bertz CT molecular complexity index is 2710. The molecule has 1 heterocycles. The Morgan fingerprint density at radius 2 is 1.08 bits per heavy atom. The van der Waals surface area contributed by atoms with Gasteiger partial charge in [-0.25, -0.2) is 0 Å². The topological polar surface area (TPSA) is 3.24 Å². The third-order valence-corrected chi connectivity index (χ3v) is 12.6. The summed E-state index contributed by atoms with van der Waals surface area (Å²) in [5.74, 6) is 0. The van der Waals surface area contributed by atoms with Crippen LogP contribution in [0.2, 0.25) is 0 Å². The maximum absolute atomic E-state index is 2.50. The minimum Gasteiger partial charge on any atom is -0.314 e. The van der Waals surface area contributed by atoms with Crippen molar-refractivity contribution in [3.63, 3.8) is 0 Å². The molecule has 53 heavy (non-hydrogen) atoms. The largest absolute Gasteiger partial charge is 0.314 e. The van der Waals surface area contributed by atoms with E-state index in [1.54, 1.807) is 0 Å². The minimum absolute atomic E-state index is 0.0759. The summed E-state index contributed by atoms with van der Waals surface area (Å²) in [6, 6.07) is 60.3. The lowest BCUT2D eigenvalue weighted by molar-refractivity contribution is 0.661. The average molecular weight is 698 g/mol. The standard InChI is InChI=1S/C51H39NS/c1-51(2)46-31-29-42(33-45(46)49-47(51)32-30-44-43-15-9-10-16-48(43)53-50(44)49)52(40-25-21-38(22-26-40)35-13-7-4-8-14-35)41-27-23-39(24-28-41)37-19-17-36(18-20-37)34-11-5-3-6-12-34/h3-21,23-25,27-33H,22,26H2,1-2H3. The Hall–Kier alpha value is -5.96. The monoisotopic (exact) mass is 697 g/mol. The highest BCUT2D eigenvalue weighted by atomic mass is 32.1. The highest BCUT2D eigenvalue weighted by Gasteiger charge is 2.37. The van der Waals surface area contributed by atoms with Crippen molar-refractivity contribution in [2.24, 2.45) is 0 Å². The molecule has 0 atom stereocenters. The number of hydrogen-bond donors (Lipinski definition) is 0. The molecule has 0 saturated heterocycles. The lowest BCUT2D eigenvalue weighted by Crippen LogP contribution is -2.19. The summed E-state index contributed by atoms with van der Waals surface area (Å²) in [6.45, 7) is 4.78. The molecule has 0 spiro atoms. The van der Waals surface area contributed by atoms with Gasteiger partial charge < -0.3 is 4.90 Å². The van der Waals surface area contributed by atoms with Crippen molar-refractivity contribution in [2.45, 2.75) is 32.1 Å². The van der Waals surface area contributed by atoms with Crippen LogP contribution in [0.25, 0.3) is 59.1 Å². The van der Waals surface area contributed by atoms with E-state index in [4.69, 9.17) is 0 Å². The van der Waals surface area contributed by atoms with Crippen molar-refractivity contribution < 1.29 is 0 Å². The molecule has 0 radical (unpaired) electrons. The molecule has 7 aromatic carbocycles. The molecule has 0 unspecified atom stereocenters. The van der Waals surface area contributed by atoms with Crippen LogP contribution in [-0.4, -0.2) is 0 Å². The predicted molar refractivity (Wildman–Crippen MR) is 228 cm³/mol. The van der Waals surface area contributed by atoms with Gasteiger partial charge in [-0.1, -0.05) is 153 Å². The first-order valence-electron chi connectivity index (χ1n) is 18.6. The second-order valence-electron chi connectivity index (χ2n) is 14.9. The zero-order valence-corrected chi connectivity index (χ0v) is 30.8. The Labute approximate surface area is 315 Å². The van der Waals surface area contributed by atoms with Crippen LogP contribution in [-0.2, 0) is 5.41 Å². The number of allylic oxidation sites excluding steroid dienone is 4. The molecule has 0 saturated carbocycles. The summed E-state index contributed by atoms with van der Waals surface area (Å²) in [5.41, 5.74) is 16.8. The van der Waals surface area contributed by atoms with Gasteiger partial charge in [-0.05, 0) is 99.3 Å². The van der Waals surface area contributed by atoms with Crippen LogP contribution in [0.1, 0.15) is 43.4 Å². The second-order valence-corrected chi connectivity index (χ2v) is 15.9. The van der Waals surface area contributed by atoms with Gasteiger partial charge in [-0.2, -0.15) is 0 Å². The smallest absolute Gasteiger partial charge is 0.0464 e. The lowest BCUT2D eigenvalue weighted by Gasteiger charge is -2.31. The molecule has 0 aliphatic heterocycles. The Balaban J connectivity index is 1.08. The Morgan fingerprint density at radius 3 is 1.75 bits per heavy atom. The summed E-state index contributed by atoms with van der Waals surface area (Å²) in [4.78, 5) is 2.50. The van der Waals surface area contributed by atoms with Crippen LogP contribution < -0.4 is 4.90 Å². The van der Waals surface area contributed by atoms with Crippen LogP contribution >= 0.6 is 11.3 Å². The zero-order chi connectivity index (χ0) is 35.5. The fraction of sp³-hybridized carbons (Fsp3) is 0.0980. The molecule has 0 fully saturated rings. The van der Waals surface area contributed by atoms with E-state index in [-0.39, 0.29) is 5.41 Å². The van der Waals surface area contributed by atoms with Crippen molar-refractivity contribution in [1.82, 2.24) is 0 Å². The van der Waals surface area contributed by atoms with Gasteiger partial charge in [0.05, 0.1) is 0 Å². The van der Waals surface area contributed by atoms with Crippen molar-refractivity contribution in [2.75, 3.05) is 4.90 Å². The first-order valence-corrected chi connectivity index (χ1v) is 19.5. The van der Waals surface area contributed by atoms with E-state index in [0.29, 0.717) is 0 Å². The molecule has 254 valence electrons. The molecule has 1 nitrogen and oxygen atoms in total. The summed E-state index contributed by atoms with van der Waals surface area (Å²) >= 11 is 1.93. The first kappa shape index (κ1) is 31.7. The lowest BCUT2D eigenvalue weighted by atomic mass is 9.82. The number of benzene rings is 7. The van der Waals surface area contributed by atoms with Crippen molar-refractivity contribution in [3.05, 3.63) is 198 Å². The van der Waals surface area contributed by atoms with Crippen LogP contribution in [0, 0.1) is 0 Å². The van der Waals surface area contributed by atoms with Gasteiger partial charge in [-0.3, -0.25) is 0 Å². The zero-order valence-electron chi connectivity index (χ0n) is 30.0. The number of rotatable bonds is 6. The van der Waals surface area contributed by atoms with Crippen LogP contribution in [0.15, 0.2) is 182 Å². The van der Waals surface area contributed by atoms with E-state index >= 15 is 0 Å². The van der Waals surface area contributed by atoms with Gasteiger partial charge >= 0.3 is 0 Å². The maximum atomic E-state index is 2.50. The van der Waals surface area contributed by atoms with Crippen molar-refractivity contribution in [3.8, 4) is 33.4 Å². The van der Waals surface area contributed by atoms with Gasteiger partial charge in [0, 0.05) is 48.2 Å². The van der Waals surface area contributed by atoms with Gasteiger partial charge in [0.15, 0.2) is 0 Å². The van der Waals surface area contributed by atoms with E-state index in [0.717, 1.165) is 12.8 Å². The first-order chi connectivity index (χ1) is 26.0. The summed E-state index contributed by atoms with van der Waals surface area (Å²) in [6.07, 6.45) is 6.64. The molecule has 2 aliphatic rings. The average Bonchev–Trinajstić information content (AvgIpc) is 3.71. The molecule has 0 amide bonds. The maximum Gasteiger partial charge on any atom is 0.0464 e. The minimum atomic E-state index is -0.0759. The quantitative estimate of drug-likeness (QED) is 0.167. The molecule has 2 heteroatoms. The van der Waals surface area contributed by atoms with Crippen LogP contribution in [0.4, 0.5) is 11.4 Å². The van der Waals surface area contributed by atoms with E-state index in [1.165, 1.54) is 92.9 Å². The Morgan fingerprint density at radius 1 is 0.491 bits per heavy atom. The normalized spacial score (nSPS) is 14.5. The number of fused-ring (bicyclic) bond motifs is 7. The Kier molecular flexibility index (Phi) is 7.56. The molecule has 0 bridgehead atoms. The number of nitrogens with zero attached hydrogens (tertiary/aromatic N) is 1. The third kappa shape index (κ3) is 5.36. The highest BCUT2D eigenvalue weighted by molar-refractivity contribution is 7.26. The van der Waals surface area contributed by atoms with Crippen LogP contribution in [0.3, 0.4) is 0 Å². The molecule has 8 aromatic rings. The second kappa shape index (κ2) is 12.6. The van der Waals surface area contributed by atoms with E-state index < -0.39 is 0 Å².